The summed E-state index contributed by atoms with van der Waals surface area (Å²) in [5, 5.41) is 13.1. The number of aromatic hydroxyl groups is 1. The molecule has 9 heteroatoms. The number of anilines is 1. The minimum atomic E-state index is -0.208. The molecule has 0 fully saturated rings. The number of phenolic OH excluding ortho intramolecular Hbond substituents is 1. The van der Waals surface area contributed by atoms with Crippen molar-refractivity contribution in [3.05, 3.63) is 53.7 Å². The van der Waals surface area contributed by atoms with E-state index in [9.17, 15) is 9.90 Å². The van der Waals surface area contributed by atoms with Crippen molar-refractivity contribution >= 4 is 44.9 Å². The number of hydrogen-bond donors (Lipinski definition) is 2. The summed E-state index contributed by atoms with van der Waals surface area (Å²) in [4.78, 5) is 20.7. The molecule has 0 saturated carbocycles. The number of aromatic nitrogens is 1. The predicted octanol–water partition coefficient (Wildman–Crippen LogP) is 4.97. The zero-order chi connectivity index (χ0) is 26.3. The maximum absolute atomic E-state index is 13.8. The summed E-state index contributed by atoms with van der Waals surface area (Å²) >= 11 is 6.37. The van der Waals surface area contributed by atoms with E-state index in [0.717, 1.165) is 28.4 Å². The van der Waals surface area contributed by atoms with Gasteiger partial charge in [-0.05, 0) is 55.4 Å². The number of carbonyl (C=O) groups excluding carboxylic acids is 1. The lowest BCUT2D eigenvalue weighted by Gasteiger charge is -2.17. The highest BCUT2D eigenvalue weighted by Crippen LogP contribution is 2.46. The number of fused-ring (bicyclic) bond motifs is 4. The second kappa shape index (κ2) is 10.0. The third-order valence-corrected chi connectivity index (χ3v) is 7.18. The minimum absolute atomic E-state index is 0.0861. The molecule has 5 rings (SSSR count). The summed E-state index contributed by atoms with van der Waals surface area (Å²) in [6, 6.07) is 12.7. The number of amides is 1. The molecule has 0 aliphatic carbocycles. The topological polar surface area (TPSA) is 87.3 Å². The Hall–Kier alpha value is -3.62. The van der Waals surface area contributed by atoms with Gasteiger partial charge in [-0.1, -0.05) is 0 Å². The molecule has 0 spiro atoms. The largest absolute Gasteiger partial charge is 0.507 e. The monoisotopic (exact) mass is 523 g/mol. The molecule has 194 valence electrons. The van der Waals surface area contributed by atoms with Gasteiger partial charge in [0.15, 0.2) is 11.5 Å². The van der Waals surface area contributed by atoms with Gasteiger partial charge in [-0.25, -0.2) is 0 Å². The van der Waals surface area contributed by atoms with Crippen LogP contribution < -0.4 is 19.1 Å². The average Bonchev–Trinajstić information content (AvgIpc) is 3.48. The number of carbonyl (C=O) groups is 1. The van der Waals surface area contributed by atoms with Crippen molar-refractivity contribution in [1.82, 2.24) is 9.88 Å². The Kier molecular flexibility index (Phi) is 6.79. The fourth-order valence-electron chi connectivity index (χ4n) is 4.91. The highest BCUT2D eigenvalue weighted by Gasteiger charge is 2.35. The Balaban J connectivity index is 1.53. The van der Waals surface area contributed by atoms with E-state index >= 15 is 0 Å². The number of nitrogens with zero attached hydrogens (tertiary/aromatic N) is 2. The number of methoxy groups -OCH3 is 2. The number of alkyl halides is 1. The first-order chi connectivity index (χ1) is 17.8. The van der Waals surface area contributed by atoms with Crippen molar-refractivity contribution in [2.75, 3.05) is 58.8 Å². The Bertz CT molecular complexity index is 1480. The number of nitrogens with one attached hydrogen (secondary N) is 1. The van der Waals surface area contributed by atoms with Crippen LogP contribution in [0.1, 0.15) is 22.0 Å². The highest BCUT2D eigenvalue weighted by molar-refractivity contribution is 6.19. The van der Waals surface area contributed by atoms with Crippen molar-refractivity contribution in [3.8, 4) is 23.0 Å². The first-order valence-electron chi connectivity index (χ1n) is 12.0. The smallest absolute Gasteiger partial charge is 0.274 e. The van der Waals surface area contributed by atoms with Gasteiger partial charge < -0.3 is 34.1 Å². The summed E-state index contributed by atoms with van der Waals surface area (Å²) < 4.78 is 16.9. The van der Waals surface area contributed by atoms with Gasteiger partial charge in [0.2, 0.25) is 0 Å². The number of halogens is 1. The lowest BCUT2D eigenvalue weighted by atomic mass is 9.95. The van der Waals surface area contributed by atoms with E-state index in [1.54, 1.807) is 31.3 Å². The number of H-pyrrole nitrogens is 1. The molecular formula is C28H30ClN3O5. The molecule has 0 saturated heterocycles. The summed E-state index contributed by atoms with van der Waals surface area (Å²) in [6.07, 6.45) is 0. The van der Waals surface area contributed by atoms with Gasteiger partial charge in [-0.3, -0.25) is 4.79 Å². The number of aromatic amines is 1. The van der Waals surface area contributed by atoms with Crippen molar-refractivity contribution in [2.24, 2.45) is 0 Å². The van der Waals surface area contributed by atoms with Crippen LogP contribution in [0, 0.1) is 0 Å². The summed E-state index contributed by atoms with van der Waals surface area (Å²) in [5.74, 6) is 2.03. The molecule has 1 amide bonds. The first kappa shape index (κ1) is 25.0. The average molecular weight is 524 g/mol. The van der Waals surface area contributed by atoms with Gasteiger partial charge in [0.05, 0.1) is 19.9 Å². The Morgan fingerprint density at radius 1 is 1.11 bits per heavy atom. The third-order valence-electron chi connectivity index (χ3n) is 6.81. The first-order valence-corrected chi connectivity index (χ1v) is 12.6. The molecule has 1 aromatic heterocycles. The fourth-order valence-corrected chi connectivity index (χ4v) is 5.16. The maximum Gasteiger partial charge on any atom is 0.274 e. The van der Waals surface area contributed by atoms with Gasteiger partial charge >= 0.3 is 0 Å². The molecule has 4 aromatic rings. The third kappa shape index (κ3) is 4.51. The van der Waals surface area contributed by atoms with Crippen LogP contribution in [0.15, 0.2) is 42.5 Å². The standard InChI is InChI=1S/C28H30ClN3O5/c1-31(2)7-8-37-26-10-16-9-22(30-21(16)12-25(26)36-4)28(34)32-15-17(14-29)27-20-11-18(35-3)5-6-19(20)24(33)13-23(27)32/h5-6,9-13,17,30,33H,7-8,14-15H2,1-4H3/t17-/m1/s1. The number of hydrogen-bond acceptors (Lipinski definition) is 6. The quantitative estimate of drug-likeness (QED) is 0.317. The predicted molar refractivity (Wildman–Crippen MR) is 146 cm³/mol. The zero-order valence-electron chi connectivity index (χ0n) is 21.3. The minimum Gasteiger partial charge on any atom is -0.507 e. The number of ether oxygens (including phenoxy) is 3. The van der Waals surface area contributed by atoms with Gasteiger partial charge in [0, 0.05) is 53.3 Å². The van der Waals surface area contributed by atoms with Crippen molar-refractivity contribution in [2.45, 2.75) is 5.92 Å². The lowest BCUT2D eigenvalue weighted by Crippen LogP contribution is -2.30. The molecular weight excluding hydrogens is 494 g/mol. The molecule has 0 bridgehead atoms. The van der Waals surface area contributed by atoms with Crippen LogP contribution in [-0.4, -0.2) is 74.8 Å². The molecule has 0 unspecified atom stereocenters. The normalized spacial score (nSPS) is 15.0. The highest BCUT2D eigenvalue weighted by atomic mass is 35.5. The van der Waals surface area contributed by atoms with Crippen LogP contribution >= 0.6 is 11.6 Å². The maximum atomic E-state index is 13.8. The van der Waals surface area contributed by atoms with E-state index in [1.807, 2.05) is 49.3 Å². The van der Waals surface area contributed by atoms with E-state index < -0.39 is 0 Å². The second-order valence-corrected chi connectivity index (χ2v) is 9.74. The Morgan fingerprint density at radius 3 is 2.62 bits per heavy atom. The van der Waals surface area contributed by atoms with E-state index in [-0.39, 0.29) is 17.6 Å². The van der Waals surface area contributed by atoms with Gasteiger partial charge in [-0.2, -0.15) is 0 Å². The molecule has 3 aromatic carbocycles. The van der Waals surface area contributed by atoms with Gasteiger partial charge in [0.1, 0.15) is 23.8 Å². The SMILES string of the molecule is COc1ccc2c(O)cc3c(c2c1)[C@H](CCl)CN3C(=O)c1cc2cc(OCCN(C)C)c(OC)cc2[nH]1. The fraction of sp³-hybridized carbons (Fsp3) is 0.321. The molecule has 37 heavy (non-hydrogen) atoms. The van der Waals surface area contributed by atoms with Crippen molar-refractivity contribution in [3.63, 3.8) is 0 Å². The van der Waals surface area contributed by atoms with Crippen LogP contribution in [0.25, 0.3) is 21.7 Å². The second-order valence-electron chi connectivity index (χ2n) is 9.43. The number of phenols is 1. The Morgan fingerprint density at radius 2 is 1.92 bits per heavy atom. The van der Waals surface area contributed by atoms with Crippen LogP contribution in [0.4, 0.5) is 5.69 Å². The van der Waals surface area contributed by atoms with E-state index in [2.05, 4.69) is 4.98 Å². The molecule has 8 nitrogen and oxygen atoms in total. The van der Waals surface area contributed by atoms with Crippen LogP contribution in [0.5, 0.6) is 23.0 Å². The molecule has 1 aliphatic rings. The number of rotatable bonds is 8. The number of likely N-dealkylation sites (N-methyl/N-ethyl adjacent to an activating group) is 1. The van der Waals surface area contributed by atoms with Gasteiger partial charge in [-0.15, -0.1) is 11.6 Å². The molecule has 1 atom stereocenters. The molecule has 0 radical (unpaired) electrons. The van der Waals surface area contributed by atoms with Crippen LogP contribution in [0.3, 0.4) is 0 Å². The van der Waals surface area contributed by atoms with E-state index in [4.69, 9.17) is 25.8 Å². The Labute approximate surface area is 220 Å². The van der Waals surface area contributed by atoms with Crippen molar-refractivity contribution in [1.29, 1.82) is 0 Å². The van der Waals surface area contributed by atoms with E-state index in [0.29, 0.717) is 53.0 Å². The zero-order valence-corrected chi connectivity index (χ0v) is 22.1. The summed E-state index contributed by atoms with van der Waals surface area (Å²) in [6.45, 7) is 1.68. The van der Waals surface area contributed by atoms with Crippen LogP contribution in [-0.2, 0) is 0 Å². The van der Waals surface area contributed by atoms with E-state index in [1.165, 1.54) is 0 Å². The van der Waals surface area contributed by atoms with Gasteiger partial charge in [0.25, 0.3) is 5.91 Å². The number of benzene rings is 3. The van der Waals surface area contributed by atoms with Crippen molar-refractivity contribution < 1.29 is 24.1 Å². The molecule has 2 N–H and O–H groups in total. The molecule has 1 aliphatic heterocycles. The summed E-state index contributed by atoms with van der Waals surface area (Å²) in [5.41, 5.74) is 2.77. The lowest BCUT2D eigenvalue weighted by molar-refractivity contribution is 0.0984. The van der Waals surface area contributed by atoms with Crippen LogP contribution in [0.2, 0.25) is 0 Å². The summed E-state index contributed by atoms with van der Waals surface area (Å²) in [7, 11) is 7.16. The molecule has 2 heterocycles.